The molecule has 2 aliphatic rings. The van der Waals surface area contributed by atoms with Crippen molar-refractivity contribution in [1.82, 2.24) is 28.8 Å². The van der Waals surface area contributed by atoms with Gasteiger partial charge in [-0.2, -0.15) is 25.9 Å². The predicted molar refractivity (Wildman–Crippen MR) is 151 cm³/mol. The Bertz CT molecular complexity index is 1770. The molecule has 1 amide bonds. The second-order valence-corrected chi connectivity index (χ2v) is 13.8. The molecule has 0 bridgehead atoms. The van der Waals surface area contributed by atoms with Gasteiger partial charge in [0.15, 0.2) is 11.6 Å². The zero-order chi connectivity index (χ0) is 31.9. The van der Waals surface area contributed by atoms with Gasteiger partial charge >= 0.3 is 22.4 Å². The van der Waals surface area contributed by atoms with Crippen molar-refractivity contribution in [2.45, 2.75) is 12.7 Å². The van der Waals surface area contributed by atoms with E-state index in [4.69, 9.17) is 4.74 Å². The summed E-state index contributed by atoms with van der Waals surface area (Å²) in [5, 5.41) is 6.26. The van der Waals surface area contributed by atoms with Gasteiger partial charge in [-0.25, -0.2) is 27.7 Å². The van der Waals surface area contributed by atoms with Crippen LogP contribution in [0.4, 0.5) is 29.6 Å². The molecule has 15 nitrogen and oxygen atoms in total. The smallest absolute Gasteiger partial charge is 0.378 e. The zero-order valence-corrected chi connectivity index (χ0v) is 25.2. The summed E-state index contributed by atoms with van der Waals surface area (Å²) in [7, 11) is -7.50. The lowest BCUT2D eigenvalue weighted by atomic mass is 10.1. The van der Waals surface area contributed by atoms with Crippen LogP contribution in [0.3, 0.4) is 0 Å². The Morgan fingerprint density at radius 3 is 2.34 bits per heavy atom. The van der Waals surface area contributed by atoms with Crippen LogP contribution < -0.4 is 10.2 Å². The number of ether oxygens (including phenoxy) is 1. The second-order valence-electron chi connectivity index (χ2n) is 10.3. The van der Waals surface area contributed by atoms with Crippen molar-refractivity contribution in [2.75, 3.05) is 75.2 Å². The minimum atomic E-state index is -4.93. The number of hydrogen-bond donors (Lipinski definition) is 1. The van der Waals surface area contributed by atoms with E-state index in [9.17, 15) is 34.8 Å². The molecule has 3 aromatic rings. The Morgan fingerprint density at radius 1 is 1.05 bits per heavy atom. The van der Waals surface area contributed by atoms with Crippen LogP contribution in [0.2, 0.25) is 0 Å². The lowest BCUT2D eigenvalue weighted by Gasteiger charge is -2.32. The SMILES string of the molecule is CS(=O)(=O)OC(=O)Nc1cc(C(F)(F)F)c(-c2nc(N3CCOCC3)c3cc(CN4CCN(S(C)(=O)=O)CC4)cn3n2)cn1. The largest absolute Gasteiger partial charge is 0.428 e. The van der Waals surface area contributed by atoms with Crippen molar-refractivity contribution in [3.8, 4) is 11.4 Å². The van der Waals surface area contributed by atoms with Gasteiger partial charge in [0.2, 0.25) is 10.0 Å². The summed E-state index contributed by atoms with van der Waals surface area (Å²) < 4.78 is 101. The maximum atomic E-state index is 14.3. The van der Waals surface area contributed by atoms with E-state index in [1.807, 2.05) is 16.3 Å². The number of hydrogen-bond acceptors (Lipinski definition) is 12. The summed E-state index contributed by atoms with van der Waals surface area (Å²) in [6, 6.07) is 2.39. The number of piperazine rings is 1. The predicted octanol–water partition coefficient (Wildman–Crippen LogP) is 1.23. The van der Waals surface area contributed by atoms with Crippen LogP contribution in [0, 0.1) is 0 Å². The van der Waals surface area contributed by atoms with Crippen LogP contribution in [-0.4, -0.2) is 117 Å². The molecule has 44 heavy (non-hydrogen) atoms. The fourth-order valence-corrected chi connectivity index (χ4v) is 6.07. The molecule has 20 heteroatoms. The number of aromatic nitrogens is 4. The standard InChI is InChI=1S/C24H29F3N8O7S2/c1-43(37,38)34-5-3-32(4-6-34)14-16-11-19-22(33-7-9-41-10-8-33)30-21(31-35(19)15-16)17-13-28-20(12-18(17)24(25,26)27)29-23(36)42-44(2,39)40/h11-13,15H,3-10,14H2,1-2H3,(H,28,29,36). The van der Waals surface area contributed by atoms with Crippen molar-refractivity contribution in [1.29, 1.82) is 0 Å². The Kier molecular flexibility index (Phi) is 8.73. The molecule has 0 atom stereocenters. The third kappa shape index (κ3) is 7.54. The first-order valence-corrected chi connectivity index (χ1v) is 16.9. The molecule has 5 heterocycles. The van der Waals surface area contributed by atoms with Gasteiger partial charge in [0.25, 0.3) is 0 Å². The molecule has 2 fully saturated rings. The van der Waals surface area contributed by atoms with E-state index < -0.39 is 49.4 Å². The maximum Gasteiger partial charge on any atom is 0.428 e. The van der Waals surface area contributed by atoms with Gasteiger partial charge < -0.3 is 13.8 Å². The Balaban J connectivity index is 1.51. The Hall–Kier alpha value is -3.59. The first-order valence-electron chi connectivity index (χ1n) is 13.2. The average Bonchev–Trinajstić information content (AvgIpc) is 3.33. The van der Waals surface area contributed by atoms with E-state index in [0.717, 1.165) is 11.8 Å². The number of anilines is 2. The number of nitrogens with one attached hydrogen (secondary N) is 1. The highest BCUT2D eigenvalue weighted by atomic mass is 32.2. The number of morpholine rings is 1. The molecular weight excluding hydrogens is 633 g/mol. The number of halogens is 3. The van der Waals surface area contributed by atoms with Crippen molar-refractivity contribution < 1.29 is 43.7 Å². The fraction of sp³-hybridized carbons (Fsp3) is 0.500. The topological polar surface area (TPSA) is 169 Å². The number of rotatable bonds is 7. The molecule has 0 unspecified atom stereocenters. The number of sulfonamides is 1. The number of alkyl halides is 3. The summed E-state index contributed by atoms with van der Waals surface area (Å²) in [6.07, 6.45) is -2.15. The molecule has 0 aromatic carbocycles. The van der Waals surface area contributed by atoms with Gasteiger partial charge in [-0.15, -0.1) is 5.10 Å². The quantitative estimate of drug-likeness (QED) is 0.360. The monoisotopic (exact) mass is 662 g/mol. The molecule has 240 valence electrons. The molecule has 0 aliphatic carbocycles. The molecule has 5 rings (SSSR count). The highest BCUT2D eigenvalue weighted by Crippen LogP contribution is 2.38. The molecule has 2 saturated heterocycles. The summed E-state index contributed by atoms with van der Waals surface area (Å²) in [6.45, 7) is 3.82. The first kappa shape index (κ1) is 31.8. The average molecular weight is 663 g/mol. The van der Waals surface area contributed by atoms with Gasteiger partial charge in [0.05, 0.1) is 36.9 Å². The van der Waals surface area contributed by atoms with Crippen molar-refractivity contribution in [3.05, 3.63) is 35.7 Å². The van der Waals surface area contributed by atoms with Crippen LogP contribution in [0.25, 0.3) is 16.9 Å². The van der Waals surface area contributed by atoms with Crippen LogP contribution in [0.5, 0.6) is 0 Å². The minimum Gasteiger partial charge on any atom is -0.378 e. The van der Waals surface area contributed by atoms with Gasteiger partial charge in [-0.05, 0) is 17.7 Å². The van der Waals surface area contributed by atoms with E-state index in [1.54, 1.807) is 6.20 Å². The summed E-state index contributed by atoms with van der Waals surface area (Å²) in [5.41, 5.74) is -0.325. The zero-order valence-electron chi connectivity index (χ0n) is 23.6. The maximum absolute atomic E-state index is 14.3. The lowest BCUT2D eigenvalue weighted by molar-refractivity contribution is -0.137. The number of carbonyl (C=O) groups excluding carboxylic acids is 1. The summed E-state index contributed by atoms with van der Waals surface area (Å²) in [5.74, 6) is -0.491. The number of carbonyl (C=O) groups is 1. The number of fused-ring (bicyclic) bond motifs is 1. The van der Waals surface area contributed by atoms with Crippen LogP contribution in [0.15, 0.2) is 24.5 Å². The normalized spacial score (nSPS) is 17.6. The third-order valence-corrected chi connectivity index (χ3v) is 8.68. The van der Waals surface area contributed by atoms with E-state index in [0.29, 0.717) is 82.7 Å². The van der Waals surface area contributed by atoms with Crippen LogP contribution in [0.1, 0.15) is 11.1 Å². The van der Waals surface area contributed by atoms with Gasteiger partial charge in [-0.1, -0.05) is 0 Å². The minimum absolute atomic E-state index is 0.284. The molecule has 0 spiro atoms. The molecule has 3 aromatic heterocycles. The Labute approximate surface area is 250 Å². The highest BCUT2D eigenvalue weighted by molar-refractivity contribution is 7.88. The summed E-state index contributed by atoms with van der Waals surface area (Å²) in [4.78, 5) is 24.1. The number of pyridine rings is 1. The van der Waals surface area contributed by atoms with Gasteiger partial charge in [0, 0.05) is 58.2 Å². The molecule has 1 N–H and O–H groups in total. The van der Waals surface area contributed by atoms with E-state index in [2.05, 4.69) is 24.1 Å². The van der Waals surface area contributed by atoms with Crippen molar-refractivity contribution in [2.24, 2.45) is 0 Å². The van der Waals surface area contributed by atoms with E-state index >= 15 is 0 Å². The number of nitrogens with zero attached hydrogens (tertiary/aromatic N) is 7. The van der Waals surface area contributed by atoms with E-state index in [-0.39, 0.29) is 5.82 Å². The molecule has 2 aliphatic heterocycles. The molecule has 0 saturated carbocycles. The van der Waals surface area contributed by atoms with Crippen LogP contribution >= 0.6 is 0 Å². The number of amides is 1. The fourth-order valence-electron chi connectivity index (χ4n) is 4.92. The summed E-state index contributed by atoms with van der Waals surface area (Å²) >= 11 is 0. The Morgan fingerprint density at radius 2 is 1.73 bits per heavy atom. The van der Waals surface area contributed by atoms with E-state index in [1.165, 1.54) is 15.1 Å². The first-order chi connectivity index (χ1) is 20.6. The highest BCUT2D eigenvalue weighted by Gasteiger charge is 2.36. The lowest BCUT2D eigenvalue weighted by Crippen LogP contribution is -2.47. The third-order valence-electron chi connectivity index (χ3n) is 6.92. The van der Waals surface area contributed by atoms with Gasteiger partial charge in [-0.3, -0.25) is 10.2 Å². The van der Waals surface area contributed by atoms with Crippen molar-refractivity contribution in [3.63, 3.8) is 0 Å². The molecular formula is C24H29F3N8O7S2. The van der Waals surface area contributed by atoms with Gasteiger partial charge in [0.1, 0.15) is 11.3 Å². The second kappa shape index (κ2) is 12.1. The van der Waals surface area contributed by atoms with Crippen molar-refractivity contribution >= 4 is 43.4 Å². The van der Waals surface area contributed by atoms with Crippen LogP contribution in [-0.2, 0) is 41.8 Å². The molecule has 0 radical (unpaired) electrons.